The van der Waals surface area contributed by atoms with Crippen LogP contribution in [0, 0.1) is 0 Å². The number of carbonyl (C=O) groups is 1. The Balaban J connectivity index is 1.52. The smallest absolute Gasteiger partial charge is 0.261 e. The second kappa shape index (κ2) is 12.2. The van der Waals surface area contributed by atoms with Crippen LogP contribution in [0.4, 0.5) is 0 Å². The molecule has 3 heterocycles. The van der Waals surface area contributed by atoms with Gasteiger partial charge in [0.2, 0.25) is 0 Å². The summed E-state index contributed by atoms with van der Waals surface area (Å²) in [5.74, 6) is 0.308. The van der Waals surface area contributed by atoms with Crippen molar-refractivity contribution in [1.29, 1.82) is 0 Å². The maximum atomic E-state index is 12.4. The molecule has 0 bridgehead atoms. The lowest BCUT2D eigenvalue weighted by Crippen LogP contribution is -2.41. The summed E-state index contributed by atoms with van der Waals surface area (Å²) in [6.07, 6.45) is 3.43. The third kappa shape index (κ3) is 6.83. The summed E-state index contributed by atoms with van der Waals surface area (Å²) in [5, 5.41) is 13.2. The number of carbonyl (C=O) groups excluding carboxylic acids is 1. The number of benzene rings is 1. The van der Waals surface area contributed by atoms with E-state index in [1.807, 2.05) is 24.2 Å². The maximum absolute atomic E-state index is 12.4. The number of ether oxygens (including phenoxy) is 1. The van der Waals surface area contributed by atoms with Crippen molar-refractivity contribution in [3.63, 3.8) is 0 Å². The van der Waals surface area contributed by atoms with Crippen LogP contribution in [0.2, 0.25) is 4.34 Å². The molecule has 0 spiro atoms. The number of pyridine rings is 1. The number of aromatic nitrogens is 4. The van der Waals surface area contributed by atoms with Gasteiger partial charge in [-0.1, -0.05) is 22.9 Å². The van der Waals surface area contributed by atoms with Gasteiger partial charge in [-0.2, -0.15) is 0 Å². The highest BCUT2D eigenvalue weighted by Gasteiger charge is 2.14. The Morgan fingerprint density at radius 3 is 2.78 bits per heavy atom. The number of thiophene rings is 1. The summed E-state index contributed by atoms with van der Waals surface area (Å²) in [5.41, 5.74) is 5.03. The van der Waals surface area contributed by atoms with Gasteiger partial charge in [0.15, 0.2) is 0 Å². The van der Waals surface area contributed by atoms with Crippen molar-refractivity contribution < 1.29 is 9.53 Å². The Bertz CT molecular complexity index is 1420. The van der Waals surface area contributed by atoms with Gasteiger partial charge in [0.05, 0.1) is 27.6 Å². The van der Waals surface area contributed by atoms with Gasteiger partial charge in [0, 0.05) is 38.0 Å². The first kappa shape index (κ1) is 26.6. The molecule has 0 radical (unpaired) electrons. The Labute approximate surface area is 223 Å². The predicted molar refractivity (Wildman–Crippen MR) is 144 cm³/mol. The van der Waals surface area contributed by atoms with Crippen LogP contribution in [0.25, 0.3) is 11.4 Å². The van der Waals surface area contributed by atoms with E-state index in [4.69, 9.17) is 16.3 Å². The van der Waals surface area contributed by atoms with Gasteiger partial charge < -0.3 is 10.1 Å². The summed E-state index contributed by atoms with van der Waals surface area (Å²) >= 11 is 7.13. The van der Waals surface area contributed by atoms with Crippen molar-refractivity contribution in [3.05, 3.63) is 86.2 Å². The largest absolute Gasteiger partial charge is 0.490 e. The van der Waals surface area contributed by atoms with Crippen molar-refractivity contribution in [2.75, 3.05) is 20.2 Å². The first-order valence-electron chi connectivity index (χ1n) is 11.7. The molecule has 12 heteroatoms. The van der Waals surface area contributed by atoms with E-state index in [0.29, 0.717) is 51.2 Å². The van der Waals surface area contributed by atoms with E-state index < -0.39 is 0 Å². The van der Waals surface area contributed by atoms with Gasteiger partial charge in [-0.3, -0.25) is 19.6 Å². The van der Waals surface area contributed by atoms with Crippen LogP contribution in [0.3, 0.4) is 0 Å². The summed E-state index contributed by atoms with van der Waals surface area (Å²) in [7, 11) is 1.97. The lowest BCUT2D eigenvalue weighted by Gasteiger charge is -2.22. The fourth-order valence-corrected chi connectivity index (χ4v) is 4.31. The maximum Gasteiger partial charge on any atom is 0.261 e. The lowest BCUT2D eigenvalue weighted by atomic mass is 10.2. The molecular weight excluding hydrogens is 514 g/mol. The molecule has 0 fully saturated rings. The van der Waals surface area contributed by atoms with Crippen LogP contribution in [0.15, 0.2) is 65.7 Å². The SMILES string of the molecule is CC(C)N(C)NCCOc1cc(-n2ccccc2=O)ccc1-n1cc(CNC(=O)c2ccc(Cl)s2)nn1. The van der Waals surface area contributed by atoms with E-state index in [0.717, 1.165) is 0 Å². The van der Waals surface area contributed by atoms with Crippen LogP contribution in [0.5, 0.6) is 5.75 Å². The summed E-state index contributed by atoms with van der Waals surface area (Å²) < 4.78 is 9.80. The molecule has 3 aromatic heterocycles. The van der Waals surface area contributed by atoms with E-state index in [1.54, 1.807) is 52.0 Å². The standard InChI is InChI=1S/C25H28ClN7O3S/c1-17(2)31(3)28-11-13-36-21-14-19(32-12-5-4-6-24(32)34)7-8-20(21)33-16-18(29-30-33)15-27-25(35)22-9-10-23(26)37-22/h4-10,12,14,16-17,28H,11,13,15H2,1-3H3,(H,27,35). The number of hydrazine groups is 1. The molecule has 194 valence electrons. The van der Waals surface area contributed by atoms with E-state index in [9.17, 15) is 9.59 Å². The second-order valence-corrected chi connectivity index (χ2v) is 10.2. The summed E-state index contributed by atoms with van der Waals surface area (Å²) in [6, 6.07) is 14.1. The normalized spacial score (nSPS) is 11.3. The average molecular weight is 542 g/mol. The number of rotatable bonds is 11. The van der Waals surface area contributed by atoms with Crippen LogP contribution in [0.1, 0.15) is 29.2 Å². The molecular formula is C25H28ClN7O3S. The number of halogens is 1. The van der Waals surface area contributed by atoms with E-state index >= 15 is 0 Å². The fraction of sp³-hybridized carbons (Fsp3) is 0.280. The van der Waals surface area contributed by atoms with Gasteiger partial charge in [-0.25, -0.2) is 9.69 Å². The Morgan fingerprint density at radius 1 is 1.22 bits per heavy atom. The molecule has 37 heavy (non-hydrogen) atoms. The molecule has 0 aliphatic carbocycles. The van der Waals surface area contributed by atoms with Crippen molar-refractivity contribution in [2.45, 2.75) is 26.4 Å². The highest BCUT2D eigenvalue weighted by atomic mass is 35.5. The first-order chi connectivity index (χ1) is 17.8. The van der Waals surface area contributed by atoms with Gasteiger partial charge in [0.1, 0.15) is 23.7 Å². The molecule has 0 atom stereocenters. The monoisotopic (exact) mass is 541 g/mol. The van der Waals surface area contributed by atoms with Crippen molar-refractivity contribution in [1.82, 2.24) is 35.3 Å². The second-order valence-electron chi connectivity index (χ2n) is 8.46. The Morgan fingerprint density at radius 2 is 2.05 bits per heavy atom. The molecule has 10 nitrogen and oxygen atoms in total. The van der Waals surface area contributed by atoms with E-state index in [-0.39, 0.29) is 18.0 Å². The van der Waals surface area contributed by atoms with Gasteiger partial charge in [0.25, 0.3) is 11.5 Å². The molecule has 0 unspecified atom stereocenters. The minimum atomic E-state index is -0.230. The molecule has 4 aromatic rings. The van der Waals surface area contributed by atoms with Crippen molar-refractivity contribution in [3.8, 4) is 17.1 Å². The number of hydrogen-bond donors (Lipinski definition) is 2. The Hall–Kier alpha value is -3.51. The summed E-state index contributed by atoms with van der Waals surface area (Å²) in [6.45, 7) is 5.36. The number of amides is 1. The number of nitrogens with one attached hydrogen (secondary N) is 2. The van der Waals surface area contributed by atoms with Crippen LogP contribution in [-0.2, 0) is 6.54 Å². The van der Waals surface area contributed by atoms with Gasteiger partial charge in [-0.15, -0.1) is 16.4 Å². The minimum Gasteiger partial charge on any atom is -0.490 e. The molecule has 0 saturated heterocycles. The van der Waals surface area contributed by atoms with E-state index in [1.165, 1.54) is 17.4 Å². The molecule has 4 rings (SSSR count). The van der Waals surface area contributed by atoms with E-state index in [2.05, 4.69) is 34.9 Å². The van der Waals surface area contributed by atoms with Crippen LogP contribution < -0.4 is 21.0 Å². The lowest BCUT2D eigenvalue weighted by molar-refractivity contribution is 0.0954. The Kier molecular flexibility index (Phi) is 8.72. The van der Waals surface area contributed by atoms with Gasteiger partial charge >= 0.3 is 0 Å². The van der Waals surface area contributed by atoms with Crippen LogP contribution in [-0.4, -0.2) is 56.7 Å². The highest BCUT2D eigenvalue weighted by molar-refractivity contribution is 7.17. The molecule has 0 aliphatic rings. The first-order valence-corrected chi connectivity index (χ1v) is 12.9. The third-order valence-electron chi connectivity index (χ3n) is 5.55. The molecule has 0 saturated carbocycles. The zero-order valence-electron chi connectivity index (χ0n) is 20.7. The third-order valence-corrected chi connectivity index (χ3v) is 6.78. The van der Waals surface area contributed by atoms with Crippen molar-refractivity contribution >= 4 is 28.8 Å². The zero-order valence-corrected chi connectivity index (χ0v) is 22.3. The molecule has 0 aliphatic heterocycles. The summed E-state index contributed by atoms with van der Waals surface area (Å²) in [4.78, 5) is 25.2. The topological polar surface area (TPSA) is 106 Å². The number of nitrogens with zero attached hydrogens (tertiary/aromatic N) is 5. The highest BCUT2D eigenvalue weighted by Crippen LogP contribution is 2.26. The molecule has 1 aromatic carbocycles. The van der Waals surface area contributed by atoms with Gasteiger partial charge in [-0.05, 0) is 44.2 Å². The average Bonchev–Trinajstić information content (AvgIpc) is 3.54. The quantitative estimate of drug-likeness (QED) is 0.222. The number of hydrogen-bond acceptors (Lipinski definition) is 8. The molecule has 2 N–H and O–H groups in total. The zero-order chi connectivity index (χ0) is 26.4. The van der Waals surface area contributed by atoms with Crippen molar-refractivity contribution in [2.24, 2.45) is 0 Å². The predicted octanol–water partition coefficient (Wildman–Crippen LogP) is 3.29. The fourth-order valence-electron chi connectivity index (χ4n) is 3.36. The minimum absolute atomic E-state index is 0.146. The van der Waals surface area contributed by atoms with Crippen LogP contribution >= 0.6 is 22.9 Å². The molecule has 1 amide bonds.